The summed E-state index contributed by atoms with van der Waals surface area (Å²) in [5.41, 5.74) is 0.784. The van der Waals surface area contributed by atoms with Gasteiger partial charge in [0.1, 0.15) is 11.9 Å². The fourth-order valence-electron chi connectivity index (χ4n) is 3.16. The van der Waals surface area contributed by atoms with Crippen LogP contribution in [0.2, 0.25) is 5.02 Å². The minimum atomic E-state index is -0.597. The molecule has 1 aromatic heterocycles. The van der Waals surface area contributed by atoms with Gasteiger partial charge in [0.05, 0.1) is 5.56 Å². The van der Waals surface area contributed by atoms with Gasteiger partial charge in [-0.1, -0.05) is 47.1 Å². The van der Waals surface area contributed by atoms with Crippen molar-refractivity contribution in [1.82, 2.24) is 15.0 Å². The first-order valence-electron chi connectivity index (χ1n) is 8.28. The molecule has 0 bridgehead atoms. The Bertz CT molecular complexity index is 945. The van der Waals surface area contributed by atoms with E-state index in [1.54, 1.807) is 4.90 Å². The normalized spacial score (nSPS) is 16.8. The van der Waals surface area contributed by atoms with Crippen molar-refractivity contribution in [1.29, 1.82) is 0 Å². The summed E-state index contributed by atoms with van der Waals surface area (Å²) >= 11 is 5.91. The van der Waals surface area contributed by atoms with E-state index in [-0.39, 0.29) is 11.6 Å². The number of likely N-dealkylation sites (tertiary alicyclic amines) is 1. The molecule has 26 heavy (non-hydrogen) atoms. The van der Waals surface area contributed by atoms with Crippen LogP contribution in [-0.4, -0.2) is 27.5 Å². The average molecular weight is 372 g/mol. The van der Waals surface area contributed by atoms with Crippen molar-refractivity contribution in [3.63, 3.8) is 0 Å². The number of rotatable bonds is 3. The number of hydrogen-bond acceptors (Lipinski definition) is 4. The topological polar surface area (TPSA) is 59.2 Å². The minimum absolute atomic E-state index is 0.0489. The maximum absolute atomic E-state index is 14.1. The molecule has 0 unspecified atom stereocenters. The summed E-state index contributed by atoms with van der Waals surface area (Å²) < 4.78 is 19.5. The maximum atomic E-state index is 14.1. The largest absolute Gasteiger partial charge is 0.337 e. The summed E-state index contributed by atoms with van der Waals surface area (Å²) in [7, 11) is 0. The second kappa shape index (κ2) is 6.88. The molecule has 1 aliphatic rings. The molecule has 1 aliphatic heterocycles. The monoisotopic (exact) mass is 371 g/mol. The molecule has 0 radical (unpaired) electrons. The number of amides is 1. The van der Waals surface area contributed by atoms with Gasteiger partial charge in [0.25, 0.3) is 5.91 Å². The summed E-state index contributed by atoms with van der Waals surface area (Å²) in [4.78, 5) is 18.8. The van der Waals surface area contributed by atoms with Crippen LogP contribution >= 0.6 is 11.6 Å². The first-order valence-corrected chi connectivity index (χ1v) is 8.66. The van der Waals surface area contributed by atoms with E-state index in [0.29, 0.717) is 29.7 Å². The highest BCUT2D eigenvalue weighted by Gasteiger charge is 2.35. The highest BCUT2D eigenvalue weighted by Crippen LogP contribution is 2.33. The van der Waals surface area contributed by atoms with Gasteiger partial charge in [-0.25, -0.2) is 4.39 Å². The molecule has 7 heteroatoms. The van der Waals surface area contributed by atoms with Crippen molar-refractivity contribution in [2.24, 2.45) is 0 Å². The number of carbonyl (C=O) groups excluding carboxylic acids is 1. The molecule has 4 rings (SSSR count). The molecule has 0 saturated carbocycles. The Hall–Kier alpha value is -2.73. The SMILES string of the molecule is O=C(c1cc(Cl)ccc1F)N1CCC[C@@H]1c1nc(-c2ccccc2)no1. The van der Waals surface area contributed by atoms with Crippen molar-refractivity contribution >= 4 is 17.5 Å². The summed E-state index contributed by atoms with van der Waals surface area (Å²) in [6.45, 7) is 0.499. The molecule has 0 aliphatic carbocycles. The predicted octanol–water partition coefficient (Wildman–Crippen LogP) is 4.51. The standard InChI is InChI=1S/C19H15ClFN3O2/c20-13-8-9-15(21)14(11-13)19(25)24-10-4-7-16(24)18-22-17(23-26-18)12-5-2-1-3-6-12/h1-3,5-6,8-9,11,16H,4,7,10H2/t16-/m1/s1. The van der Waals surface area contributed by atoms with E-state index < -0.39 is 11.7 Å². The van der Waals surface area contributed by atoms with Crippen molar-refractivity contribution in [2.45, 2.75) is 18.9 Å². The number of halogens is 2. The van der Waals surface area contributed by atoms with Gasteiger partial charge < -0.3 is 9.42 Å². The van der Waals surface area contributed by atoms with Gasteiger partial charge in [-0.3, -0.25) is 4.79 Å². The van der Waals surface area contributed by atoms with Crippen molar-refractivity contribution in [3.8, 4) is 11.4 Å². The minimum Gasteiger partial charge on any atom is -0.337 e. The van der Waals surface area contributed by atoms with E-state index in [1.165, 1.54) is 18.2 Å². The van der Waals surface area contributed by atoms with Gasteiger partial charge in [-0.15, -0.1) is 0 Å². The third-order valence-corrected chi connectivity index (χ3v) is 4.67. The molecule has 0 N–H and O–H groups in total. The average Bonchev–Trinajstić information content (AvgIpc) is 3.33. The van der Waals surface area contributed by atoms with Crippen LogP contribution in [0.5, 0.6) is 0 Å². The Kier molecular flexibility index (Phi) is 4.42. The molecule has 1 atom stereocenters. The van der Waals surface area contributed by atoms with Gasteiger partial charge in [0.2, 0.25) is 11.7 Å². The Morgan fingerprint density at radius 3 is 2.85 bits per heavy atom. The lowest BCUT2D eigenvalue weighted by Crippen LogP contribution is -2.31. The summed E-state index contributed by atoms with van der Waals surface area (Å²) in [5.74, 6) is -0.196. The molecule has 3 aromatic rings. The summed E-state index contributed by atoms with van der Waals surface area (Å²) in [5, 5.41) is 4.32. The van der Waals surface area contributed by atoms with Gasteiger partial charge in [-0.2, -0.15) is 4.98 Å². The number of nitrogens with zero attached hydrogens (tertiary/aromatic N) is 3. The third kappa shape index (κ3) is 3.08. The first-order chi connectivity index (χ1) is 12.6. The van der Waals surface area contributed by atoms with Crippen LogP contribution in [0.15, 0.2) is 53.1 Å². The van der Waals surface area contributed by atoms with Crippen molar-refractivity contribution in [2.75, 3.05) is 6.54 Å². The number of benzene rings is 2. The smallest absolute Gasteiger partial charge is 0.257 e. The Morgan fingerprint density at radius 2 is 2.04 bits per heavy atom. The third-order valence-electron chi connectivity index (χ3n) is 4.43. The lowest BCUT2D eigenvalue weighted by atomic mass is 10.1. The van der Waals surface area contributed by atoms with Crippen molar-refractivity contribution < 1.29 is 13.7 Å². The Labute approximate surface area is 154 Å². The number of hydrogen-bond donors (Lipinski definition) is 0. The van der Waals surface area contributed by atoms with E-state index in [0.717, 1.165) is 12.0 Å². The maximum Gasteiger partial charge on any atom is 0.257 e. The second-order valence-electron chi connectivity index (χ2n) is 6.10. The molecule has 1 saturated heterocycles. The van der Waals surface area contributed by atoms with Gasteiger partial charge >= 0.3 is 0 Å². The zero-order chi connectivity index (χ0) is 18.1. The first kappa shape index (κ1) is 16.7. The van der Waals surface area contributed by atoms with Crippen molar-refractivity contribution in [3.05, 3.63) is 70.8 Å². The zero-order valence-electron chi connectivity index (χ0n) is 13.7. The molecule has 1 amide bonds. The van der Waals surface area contributed by atoms with Crippen LogP contribution in [0.4, 0.5) is 4.39 Å². The van der Waals surface area contributed by atoms with E-state index in [9.17, 15) is 9.18 Å². The fourth-order valence-corrected chi connectivity index (χ4v) is 3.33. The lowest BCUT2D eigenvalue weighted by Gasteiger charge is -2.22. The van der Waals surface area contributed by atoms with Gasteiger partial charge in [0, 0.05) is 17.1 Å². The lowest BCUT2D eigenvalue weighted by molar-refractivity contribution is 0.0705. The van der Waals surface area contributed by atoms with Gasteiger partial charge in [0.15, 0.2) is 0 Å². The molecular formula is C19H15ClFN3O2. The quantitative estimate of drug-likeness (QED) is 0.679. The molecule has 5 nitrogen and oxygen atoms in total. The highest BCUT2D eigenvalue weighted by atomic mass is 35.5. The van der Waals surface area contributed by atoms with E-state index >= 15 is 0 Å². The predicted molar refractivity (Wildman–Crippen MR) is 94.2 cm³/mol. The van der Waals surface area contributed by atoms with Gasteiger partial charge in [-0.05, 0) is 31.0 Å². The Balaban J connectivity index is 1.62. The summed E-state index contributed by atoms with van der Waals surface area (Å²) in [6.07, 6.45) is 1.46. The molecule has 1 fully saturated rings. The Morgan fingerprint density at radius 1 is 1.23 bits per heavy atom. The van der Waals surface area contributed by atoms with E-state index in [1.807, 2.05) is 30.3 Å². The summed E-state index contributed by atoms with van der Waals surface area (Å²) in [6, 6.07) is 13.0. The molecule has 2 aromatic carbocycles. The van der Waals surface area contributed by atoms with Crippen LogP contribution in [0, 0.1) is 5.82 Å². The van der Waals surface area contributed by atoms with Crippen LogP contribution < -0.4 is 0 Å². The molecule has 132 valence electrons. The second-order valence-corrected chi connectivity index (χ2v) is 6.54. The zero-order valence-corrected chi connectivity index (χ0v) is 14.5. The highest BCUT2D eigenvalue weighted by molar-refractivity contribution is 6.31. The molecule has 2 heterocycles. The molecular weight excluding hydrogens is 357 g/mol. The van der Waals surface area contributed by atoms with Crippen LogP contribution in [0.1, 0.15) is 35.1 Å². The van der Waals surface area contributed by atoms with Crippen LogP contribution in [-0.2, 0) is 0 Å². The fraction of sp³-hybridized carbons (Fsp3) is 0.211. The number of aromatic nitrogens is 2. The van der Waals surface area contributed by atoms with Crippen LogP contribution in [0.3, 0.4) is 0 Å². The van der Waals surface area contributed by atoms with E-state index in [4.69, 9.17) is 16.1 Å². The molecule has 0 spiro atoms. The van der Waals surface area contributed by atoms with E-state index in [2.05, 4.69) is 10.1 Å². The van der Waals surface area contributed by atoms with Crippen LogP contribution in [0.25, 0.3) is 11.4 Å². The number of carbonyl (C=O) groups is 1.